The maximum absolute atomic E-state index is 5.49. The Morgan fingerprint density at radius 3 is 3.06 bits per heavy atom. The van der Waals surface area contributed by atoms with Gasteiger partial charge in [-0.15, -0.1) is 11.3 Å². The molecule has 0 aromatic carbocycles. The van der Waals surface area contributed by atoms with Crippen molar-refractivity contribution in [3.63, 3.8) is 0 Å². The van der Waals surface area contributed by atoms with Gasteiger partial charge < -0.3 is 10.1 Å². The number of anilines is 1. The predicted octanol–water partition coefficient (Wildman–Crippen LogP) is 2.59. The molecule has 0 unspecified atom stereocenters. The number of ether oxygens (including phenoxy) is 1. The van der Waals surface area contributed by atoms with E-state index in [-0.39, 0.29) is 0 Å². The van der Waals surface area contributed by atoms with Crippen LogP contribution in [-0.2, 0) is 6.42 Å². The largest absolute Gasteiger partial charge is 0.490 e. The van der Waals surface area contributed by atoms with Gasteiger partial charge in [0.25, 0.3) is 0 Å². The van der Waals surface area contributed by atoms with E-state index in [1.165, 1.54) is 0 Å². The molecule has 0 bridgehead atoms. The van der Waals surface area contributed by atoms with Crippen molar-refractivity contribution in [3.8, 4) is 5.75 Å². The van der Waals surface area contributed by atoms with E-state index in [2.05, 4.69) is 15.3 Å². The van der Waals surface area contributed by atoms with E-state index in [0.717, 1.165) is 29.5 Å². The number of nitrogens with one attached hydrogen (secondary N) is 1. The van der Waals surface area contributed by atoms with Crippen molar-refractivity contribution in [1.29, 1.82) is 0 Å². The number of rotatable bonds is 6. The Morgan fingerprint density at radius 2 is 2.29 bits per heavy atom. The first-order chi connectivity index (χ1) is 8.40. The highest BCUT2D eigenvalue weighted by atomic mass is 32.1. The number of thiazole rings is 1. The van der Waals surface area contributed by atoms with E-state index >= 15 is 0 Å². The van der Waals surface area contributed by atoms with Crippen LogP contribution in [0.15, 0.2) is 29.9 Å². The third-order valence-corrected chi connectivity index (χ3v) is 3.02. The van der Waals surface area contributed by atoms with Crippen molar-refractivity contribution >= 4 is 17.2 Å². The molecule has 0 saturated heterocycles. The Hall–Kier alpha value is -1.62. The second-order valence-electron chi connectivity index (χ2n) is 3.39. The summed E-state index contributed by atoms with van der Waals surface area (Å²) in [5, 5.41) is 6.39. The first-order valence-corrected chi connectivity index (χ1v) is 6.48. The molecular formula is C12H15N3OS. The van der Waals surface area contributed by atoms with Crippen LogP contribution in [0.5, 0.6) is 5.75 Å². The van der Waals surface area contributed by atoms with E-state index < -0.39 is 0 Å². The van der Waals surface area contributed by atoms with Crippen LogP contribution in [0.2, 0.25) is 0 Å². The second-order valence-corrected chi connectivity index (χ2v) is 4.36. The van der Waals surface area contributed by atoms with Crippen LogP contribution >= 0.6 is 11.3 Å². The molecule has 0 aliphatic rings. The second kappa shape index (κ2) is 6.20. The average Bonchev–Trinajstić information content (AvgIpc) is 2.85. The summed E-state index contributed by atoms with van der Waals surface area (Å²) >= 11 is 1.67. The van der Waals surface area contributed by atoms with Gasteiger partial charge in [-0.2, -0.15) is 0 Å². The first kappa shape index (κ1) is 11.9. The van der Waals surface area contributed by atoms with Crippen molar-refractivity contribution in [1.82, 2.24) is 9.97 Å². The molecule has 0 spiro atoms. The van der Waals surface area contributed by atoms with Crippen molar-refractivity contribution in [2.75, 3.05) is 18.5 Å². The Labute approximate surface area is 105 Å². The monoisotopic (exact) mass is 249 g/mol. The number of pyridine rings is 1. The molecule has 0 fully saturated rings. The molecule has 0 radical (unpaired) electrons. The van der Waals surface area contributed by atoms with Crippen LogP contribution in [0.25, 0.3) is 0 Å². The summed E-state index contributed by atoms with van der Waals surface area (Å²) < 4.78 is 5.49. The molecule has 4 nitrogen and oxygen atoms in total. The van der Waals surface area contributed by atoms with E-state index in [1.54, 1.807) is 17.5 Å². The van der Waals surface area contributed by atoms with Crippen molar-refractivity contribution in [2.24, 2.45) is 0 Å². The lowest BCUT2D eigenvalue weighted by Crippen LogP contribution is -2.08. The minimum atomic E-state index is 0.646. The number of hydrogen-bond acceptors (Lipinski definition) is 5. The van der Waals surface area contributed by atoms with Gasteiger partial charge in [-0.1, -0.05) is 0 Å². The zero-order chi connectivity index (χ0) is 11.9. The van der Waals surface area contributed by atoms with Crippen molar-refractivity contribution in [2.45, 2.75) is 13.3 Å². The highest BCUT2D eigenvalue weighted by Crippen LogP contribution is 2.20. The van der Waals surface area contributed by atoms with Crippen LogP contribution in [-0.4, -0.2) is 23.1 Å². The van der Waals surface area contributed by atoms with Gasteiger partial charge >= 0.3 is 0 Å². The fraction of sp³-hybridized carbons (Fsp3) is 0.333. The normalized spacial score (nSPS) is 10.2. The molecule has 0 saturated carbocycles. The smallest absolute Gasteiger partial charge is 0.168 e. The van der Waals surface area contributed by atoms with Crippen molar-refractivity contribution < 1.29 is 4.74 Å². The molecular weight excluding hydrogens is 234 g/mol. The summed E-state index contributed by atoms with van der Waals surface area (Å²) in [5.41, 5.74) is 0. The fourth-order valence-electron chi connectivity index (χ4n) is 1.46. The lowest BCUT2D eigenvalue weighted by atomic mass is 10.4. The number of hydrogen-bond donors (Lipinski definition) is 1. The quantitative estimate of drug-likeness (QED) is 0.854. The zero-order valence-electron chi connectivity index (χ0n) is 9.72. The van der Waals surface area contributed by atoms with E-state index in [9.17, 15) is 0 Å². The molecule has 0 amide bonds. The summed E-state index contributed by atoms with van der Waals surface area (Å²) in [7, 11) is 0. The molecule has 90 valence electrons. The molecule has 2 aromatic heterocycles. The molecule has 17 heavy (non-hydrogen) atoms. The predicted molar refractivity (Wildman–Crippen MR) is 69.7 cm³/mol. The van der Waals surface area contributed by atoms with Gasteiger partial charge in [-0.05, 0) is 19.1 Å². The van der Waals surface area contributed by atoms with E-state index in [0.29, 0.717) is 6.61 Å². The minimum Gasteiger partial charge on any atom is -0.490 e. The molecule has 2 aromatic rings. The van der Waals surface area contributed by atoms with Gasteiger partial charge in [0.1, 0.15) is 0 Å². The van der Waals surface area contributed by atoms with Crippen LogP contribution in [0.1, 0.15) is 11.9 Å². The van der Waals surface area contributed by atoms with Gasteiger partial charge in [-0.3, -0.25) is 0 Å². The Bertz CT molecular complexity index is 445. The number of nitrogens with zero attached hydrogens (tertiary/aromatic N) is 2. The van der Waals surface area contributed by atoms with Gasteiger partial charge in [0.15, 0.2) is 11.6 Å². The zero-order valence-corrected chi connectivity index (χ0v) is 10.5. The Kier molecular flexibility index (Phi) is 4.32. The molecule has 0 aliphatic heterocycles. The maximum atomic E-state index is 5.49. The summed E-state index contributed by atoms with van der Waals surface area (Å²) in [6.07, 6.45) is 4.49. The molecule has 2 heterocycles. The summed E-state index contributed by atoms with van der Waals surface area (Å²) in [5.74, 6) is 1.60. The number of aromatic nitrogens is 2. The van der Waals surface area contributed by atoms with Crippen LogP contribution in [0.3, 0.4) is 0 Å². The minimum absolute atomic E-state index is 0.646. The average molecular weight is 249 g/mol. The van der Waals surface area contributed by atoms with Crippen LogP contribution in [0, 0.1) is 0 Å². The van der Waals surface area contributed by atoms with Gasteiger partial charge in [0, 0.05) is 30.7 Å². The summed E-state index contributed by atoms with van der Waals surface area (Å²) in [4.78, 5) is 8.50. The van der Waals surface area contributed by atoms with E-state index in [1.807, 2.05) is 30.6 Å². The molecule has 1 N–H and O–H groups in total. The topological polar surface area (TPSA) is 47.0 Å². The molecule has 2 rings (SSSR count). The standard InChI is InChI=1S/C12H15N3OS/c1-2-16-10-4-3-6-14-12(10)15-7-5-11-13-8-9-17-11/h3-4,6,8-9H,2,5,7H2,1H3,(H,14,15). The SMILES string of the molecule is CCOc1cccnc1NCCc1nccs1. The molecule has 0 atom stereocenters. The van der Waals surface area contributed by atoms with Gasteiger partial charge in [0.2, 0.25) is 0 Å². The van der Waals surface area contributed by atoms with Gasteiger partial charge in [0.05, 0.1) is 11.6 Å². The highest BCUT2D eigenvalue weighted by Gasteiger charge is 2.03. The third kappa shape index (κ3) is 3.42. The Balaban J connectivity index is 1.89. The molecule has 0 aliphatic carbocycles. The van der Waals surface area contributed by atoms with Crippen molar-refractivity contribution in [3.05, 3.63) is 34.9 Å². The lowest BCUT2D eigenvalue weighted by molar-refractivity contribution is 0.340. The third-order valence-electron chi connectivity index (χ3n) is 2.19. The summed E-state index contributed by atoms with van der Waals surface area (Å²) in [6, 6.07) is 3.79. The Morgan fingerprint density at radius 1 is 1.35 bits per heavy atom. The molecule has 5 heteroatoms. The lowest BCUT2D eigenvalue weighted by Gasteiger charge is -2.10. The first-order valence-electron chi connectivity index (χ1n) is 5.60. The highest BCUT2D eigenvalue weighted by molar-refractivity contribution is 7.09. The fourth-order valence-corrected chi connectivity index (χ4v) is 2.08. The van der Waals surface area contributed by atoms with Crippen LogP contribution < -0.4 is 10.1 Å². The van der Waals surface area contributed by atoms with Gasteiger partial charge in [-0.25, -0.2) is 9.97 Å². The van der Waals surface area contributed by atoms with E-state index in [4.69, 9.17) is 4.74 Å². The maximum Gasteiger partial charge on any atom is 0.168 e. The van der Waals surface area contributed by atoms with Crippen LogP contribution in [0.4, 0.5) is 5.82 Å². The summed E-state index contributed by atoms with van der Waals surface area (Å²) in [6.45, 7) is 3.42.